The van der Waals surface area contributed by atoms with E-state index in [-0.39, 0.29) is 11.7 Å². The van der Waals surface area contributed by atoms with Crippen molar-refractivity contribution in [1.82, 2.24) is 0 Å². The molecule has 4 rings (SSSR count). The van der Waals surface area contributed by atoms with Crippen LogP contribution in [0.1, 0.15) is 37.4 Å². The Morgan fingerprint density at radius 2 is 1.94 bits per heavy atom. The van der Waals surface area contributed by atoms with Crippen LogP contribution >= 0.6 is 0 Å². The topological polar surface area (TPSA) is 40.5 Å². The van der Waals surface area contributed by atoms with Crippen molar-refractivity contribution in [2.24, 2.45) is 11.8 Å². The first-order chi connectivity index (χ1) is 8.07. The molecule has 3 saturated carbocycles. The van der Waals surface area contributed by atoms with Crippen LogP contribution < -0.4 is 0 Å². The van der Waals surface area contributed by atoms with E-state index >= 15 is 0 Å². The van der Waals surface area contributed by atoms with Crippen LogP contribution in [-0.2, 0) is 0 Å². The summed E-state index contributed by atoms with van der Waals surface area (Å²) in [6, 6.07) is 5.95. The van der Waals surface area contributed by atoms with Crippen molar-refractivity contribution in [3.8, 4) is 0 Å². The molecule has 0 aliphatic heterocycles. The summed E-state index contributed by atoms with van der Waals surface area (Å²) in [5, 5.41) is 20.3. The molecule has 2 N–H and O–H groups in total. The van der Waals surface area contributed by atoms with Gasteiger partial charge in [0.25, 0.3) is 0 Å². The molecule has 2 bridgehead atoms. The number of hydrogen-bond acceptors (Lipinski definition) is 2. The molecule has 0 spiro atoms. The van der Waals surface area contributed by atoms with Crippen LogP contribution in [-0.4, -0.2) is 15.8 Å². The van der Waals surface area contributed by atoms with Gasteiger partial charge < -0.3 is 10.2 Å². The lowest BCUT2D eigenvalue weighted by atomic mass is 9.76. The maximum atomic E-state index is 12.8. The van der Waals surface area contributed by atoms with Crippen LogP contribution in [0.2, 0.25) is 0 Å². The van der Waals surface area contributed by atoms with Gasteiger partial charge in [-0.25, -0.2) is 4.39 Å². The Bertz CT molecular complexity index is 409. The summed E-state index contributed by atoms with van der Waals surface area (Å²) in [5.74, 6) is 0.570. The summed E-state index contributed by atoms with van der Waals surface area (Å²) in [4.78, 5) is 0. The molecular formula is C14H17FO2. The molecule has 92 valence electrons. The number of halogens is 1. The zero-order valence-corrected chi connectivity index (χ0v) is 9.64. The van der Waals surface area contributed by atoms with E-state index in [9.17, 15) is 14.6 Å². The molecule has 17 heavy (non-hydrogen) atoms. The smallest absolute Gasteiger partial charge is 0.123 e. The number of aliphatic hydroxyl groups excluding tert-OH is 1. The minimum atomic E-state index is -0.594. The second-order valence-corrected chi connectivity index (χ2v) is 5.61. The zero-order valence-electron chi connectivity index (χ0n) is 9.64. The van der Waals surface area contributed by atoms with Crippen LogP contribution in [0.4, 0.5) is 4.39 Å². The molecule has 1 aromatic rings. The minimum Gasteiger partial charge on any atom is -0.390 e. The van der Waals surface area contributed by atoms with Gasteiger partial charge in [-0.15, -0.1) is 0 Å². The predicted octanol–water partition coefficient (Wildman–Crippen LogP) is 2.41. The van der Waals surface area contributed by atoms with Crippen molar-refractivity contribution in [2.75, 3.05) is 0 Å². The van der Waals surface area contributed by atoms with Crippen molar-refractivity contribution in [3.05, 3.63) is 35.6 Å². The molecule has 2 nitrogen and oxygen atoms in total. The Hall–Kier alpha value is -0.930. The third-order valence-electron chi connectivity index (χ3n) is 4.42. The van der Waals surface area contributed by atoms with Gasteiger partial charge in [-0.2, -0.15) is 0 Å². The highest BCUT2D eigenvalue weighted by Gasteiger charge is 2.56. The Morgan fingerprint density at radius 3 is 2.47 bits per heavy atom. The normalized spacial score (nSPS) is 36.6. The SMILES string of the molecule is OC(CC1CC2CC1(O)C2)c1ccc(F)cc1. The summed E-state index contributed by atoms with van der Waals surface area (Å²) in [5.41, 5.74) is 0.213. The summed E-state index contributed by atoms with van der Waals surface area (Å²) < 4.78 is 12.8. The number of benzene rings is 1. The number of fused-ring (bicyclic) bond motifs is 1. The van der Waals surface area contributed by atoms with E-state index in [1.165, 1.54) is 12.1 Å². The Labute approximate surface area is 100 Å². The van der Waals surface area contributed by atoms with Crippen molar-refractivity contribution in [3.63, 3.8) is 0 Å². The molecule has 0 amide bonds. The summed E-state index contributed by atoms with van der Waals surface area (Å²) in [6.45, 7) is 0. The average molecular weight is 236 g/mol. The third-order valence-corrected chi connectivity index (χ3v) is 4.42. The van der Waals surface area contributed by atoms with Gasteiger partial charge in [0.2, 0.25) is 0 Å². The molecule has 0 radical (unpaired) electrons. The van der Waals surface area contributed by atoms with Gasteiger partial charge in [0, 0.05) is 0 Å². The van der Waals surface area contributed by atoms with Crippen molar-refractivity contribution < 1.29 is 14.6 Å². The lowest BCUT2D eigenvalue weighted by Crippen LogP contribution is -2.39. The molecule has 3 fully saturated rings. The quantitative estimate of drug-likeness (QED) is 0.846. The van der Waals surface area contributed by atoms with E-state index in [4.69, 9.17) is 0 Å². The van der Waals surface area contributed by atoms with Gasteiger partial charge in [-0.3, -0.25) is 0 Å². The Kier molecular flexibility index (Phi) is 2.49. The van der Waals surface area contributed by atoms with Gasteiger partial charge in [-0.05, 0) is 55.2 Å². The Balaban J connectivity index is 1.67. The predicted molar refractivity (Wildman–Crippen MR) is 61.8 cm³/mol. The van der Waals surface area contributed by atoms with E-state index in [1.807, 2.05) is 0 Å². The highest BCUT2D eigenvalue weighted by molar-refractivity contribution is 5.19. The van der Waals surface area contributed by atoms with Crippen LogP contribution in [0.5, 0.6) is 0 Å². The Morgan fingerprint density at radius 1 is 1.29 bits per heavy atom. The molecule has 2 atom stereocenters. The van der Waals surface area contributed by atoms with Gasteiger partial charge in [0.05, 0.1) is 11.7 Å². The first kappa shape index (κ1) is 11.2. The van der Waals surface area contributed by atoms with Gasteiger partial charge >= 0.3 is 0 Å². The van der Waals surface area contributed by atoms with Crippen LogP contribution in [0, 0.1) is 17.7 Å². The third kappa shape index (κ3) is 1.87. The van der Waals surface area contributed by atoms with E-state index < -0.39 is 11.7 Å². The molecular weight excluding hydrogens is 219 g/mol. The fraction of sp³-hybridized carbons (Fsp3) is 0.571. The molecule has 1 aromatic carbocycles. The monoisotopic (exact) mass is 236 g/mol. The summed E-state index contributed by atoms with van der Waals surface area (Å²) >= 11 is 0. The second kappa shape index (κ2) is 3.79. The van der Waals surface area contributed by atoms with E-state index in [1.54, 1.807) is 12.1 Å². The highest BCUT2D eigenvalue weighted by Crippen LogP contribution is 2.57. The lowest BCUT2D eigenvalue weighted by Gasteiger charge is -2.36. The summed E-state index contributed by atoms with van der Waals surface area (Å²) in [6.07, 6.45) is 2.80. The second-order valence-electron chi connectivity index (χ2n) is 5.61. The molecule has 0 saturated heterocycles. The molecule has 0 heterocycles. The fourth-order valence-electron chi connectivity index (χ4n) is 3.47. The average Bonchev–Trinajstić information content (AvgIpc) is 2.71. The van der Waals surface area contributed by atoms with Gasteiger partial charge in [0.1, 0.15) is 5.82 Å². The van der Waals surface area contributed by atoms with Crippen molar-refractivity contribution >= 4 is 0 Å². The highest BCUT2D eigenvalue weighted by atomic mass is 19.1. The standard InChI is InChI=1S/C14H17FO2/c15-12-3-1-10(2-4-12)13(16)6-11-5-9-7-14(11,17)8-9/h1-4,9,11,13,16-17H,5-8H2. The zero-order chi connectivity index (χ0) is 12.0. The fourth-order valence-corrected chi connectivity index (χ4v) is 3.47. The first-order valence-electron chi connectivity index (χ1n) is 6.23. The maximum Gasteiger partial charge on any atom is 0.123 e. The van der Waals surface area contributed by atoms with Crippen molar-refractivity contribution in [2.45, 2.75) is 37.4 Å². The summed E-state index contributed by atoms with van der Waals surface area (Å²) in [7, 11) is 0. The number of rotatable bonds is 3. The number of aliphatic hydroxyl groups is 2. The molecule has 0 aromatic heterocycles. The van der Waals surface area contributed by atoms with Crippen LogP contribution in [0.3, 0.4) is 0 Å². The van der Waals surface area contributed by atoms with E-state index in [0.29, 0.717) is 12.3 Å². The number of hydrogen-bond donors (Lipinski definition) is 2. The van der Waals surface area contributed by atoms with Crippen LogP contribution in [0.25, 0.3) is 0 Å². The molecule has 3 aliphatic carbocycles. The lowest BCUT2D eigenvalue weighted by molar-refractivity contribution is -0.0594. The largest absolute Gasteiger partial charge is 0.390 e. The van der Waals surface area contributed by atoms with Gasteiger partial charge in [0.15, 0.2) is 0 Å². The van der Waals surface area contributed by atoms with Crippen molar-refractivity contribution in [1.29, 1.82) is 0 Å². The van der Waals surface area contributed by atoms with Gasteiger partial charge in [-0.1, -0.05) is 12.1 Å². The molecule has 2 unspecified atom stereocenters. The maximum absolute atomic E-state index is 12.8. The molecule has 3 aliphatic rings. The van der Waals surface area contributed by atoms with E-state index in [2.05, 4.69) is 0 Å². The minimum absolute atomic E-state index is 0.201. The molecule has 3 heteroatoms. The first-order valence-corrected chi connectivity index (χ1v) is 6.23. The van der Waals surface area contributed by atoms with E-state index in [0.717, 1.165) is 24.8 Å². The van der Waals surface area contributed by atoms with Crippen LogP contribution in [0.15, 0.2) is 24.3 Å².